The van der Waals surface area contributed by atoms with Crippen molar-refractivity contribution < 1.29 is 19.0 Å². The molecule has 142 valence electrons. The van der Waals surface area contributed by atoms with Gasteiger partial charge in [0.2, 0.25) is 5.88 Å². The Labute approximate surface area is 154 Å². The van der Waals surface area contributed by atoms with Gasteiger partial charge in [0.05, 0.1) is 18.3 Å². The second kappa shape index (κ2) is 7.27. The van der Waals surface area contributed by atoms with Crippen LogP contribution in [0, 0.1) is 6.92 Å². The minimum absolute atomic E-state index is 0.300. The van der Waals surface area contributed by atoms with Crippen molar-refractivity contribution >= 4 is 17.1 Å². The van der Waals surface area contributed by atoms with Gasteiger partial charge in [-0.3, -0.25) is 0 Å². The van der Waals surface area contributed by atoms with Crippen molar-refractivity contribution in [3.05, 3.63) is 23.0 Å². The summed E-state index contributed by atoms with van der Waals surface area (Å²) in [7, 11) is 0. The van der Waals surface area contributed by atoms with Gasteiger partial charge in [0.25, 0.3) is 0 Å². The molecule has 2 aromatic rings. The van der Waals surface area contributed by atoms with Crippen molar-refractivity contribution in [3.8, 4) is 5.88 Å². The number of carbonyl (C=O) groups excluding carboxylic acids is 1. The molecule has 0 spiro atoms. The summed E-state index contributed by atoms with van der Waals surface area (Å²) in [5, 5.41) is 1.10. The summed E-state index contributed by atoms with van der Waals surface area (Å²) < 4.78 is 16.3. The molecule has 1 aliphatic rings. The molecule has 0 radical (unpaired) electrons. The van der Waals surface area contributed by atoms with E-state index in [4.69, 9.17) is 14.2 Å². The lowest BCUT2D eigenvalue weighted by Gasteiger charge is -2.23. The number of hydrogen-bond donors (Lipinski definition) is 1. The quantitative estimate of drug-likeness (QED) is 0.804. The molecule has 0 amide bonds. The highest BCUT2D eigenvalue weighted by Gasteiger charge is 2.28. The number of pyridine rings is 1. The first-order valence-electron chi connectivity index (χ1n) is 9.28. The molecule has 0 saturated heterocycles. The molecule has 2 heterocycles. The highest BCUT2D eigenvalue weighted by molar-refractivity contribution is 5.89. The van der Waals surface area contributed by atoms with Crippen LogP contribution in [-0.2, 0) is 15.9 Å². The molecule has 0 aliphatic heterocycles. The number of nitrogens with zero attached hydrogens (tertiary/aromatic N) is 1. The Bertz CT molecular complexity index is 804. The number of hydrogen-bond acceptors (Lipinski definition) is 5. The van der Waals surface area contributed by atoms with E-state index in [1.807, 2.05) is 13.8 Å². The monoisotopic (exact) mass is 360 g/mol. The van der Waals surface area contributed by atoms with E-state index in [9.17, 15) is 4.79 Å². The van der Waals surface area contributed by atoms with Gasteiger partial charge >= 0.3 is 6.16 Å². The number of ether oxygens (including phenoxy) is 3. The van der Waals surface area contributed by atoms with Crippen molar-refractivity contribution in [2.24, 2.45) is 0 Å². The number of aryl methyl sites for hydroxylation is 2. The Morgan fingerprint density at radius 1 is 1.38 bits per heavy atom. The largest absolute Gasteiger partial charge is 0.515 e. The fraction of sp³-hybridized carbons (Fsp3) is 0.600. The smallest absolute Gasteiger partial charge is 0.428 e. The van der Waals surface area contributed by atoms with Crippen LogP contribution < -0.4 is 4.74 Å². The minimum atomic E-state index is -0.734. The van der Waals surface area contributed by atoms with Crippen LogP contribution in [0.15, 0.2) is 6.20 Å². The van der Waals surface area contributed by atoms with Gasteiger partial charge in [0, 0.05) is 29.2 Å². The summed E-state index contributed by atoms with van der Waals surface area (Å²) in [6.07, 6.45) is 4.27. The number of fused-ring (bicyclic) bond motifs is 3. The number of aromatic nitrogens is 2. The Balaban J connectivity index is 1.96. The van der Waals surface area contributed by atoms with E-state index in [2.05, 4.69) is 9.97 Å². The van der Waals surface area contributed by atoms with Gasteiger partial charge in [-0.25, -0.2) is 9.78 Å². The Morgan fingerprint density at radius 2 is 2.15 bits per heavy atom. The van der Waals surface area contributed by atoms with E-state index in [0.29, 0.717) is 25.0 Å². The first-order valence-corrected chi connectivity index (χ1v) is 9.28. The third-order valence-corrected chi connectivity index (χ3v) is 4.64. The average molecular weight is 360 g/mol. The Kier molecular flexibility index (Phi) is 5.23. The molecular weight excluding hydrogens is 332 g/mol. The molecule has 1 atom stereocenters. The summed E-state index contributed by atoms with van der Waals surface area (Å²) in [5.74, 6) is 0.650. The van der Waals surface area contributed by atoms with Gasteiger partial charge in [0.1, 0.15) is 5.60 Å². The summed E-state index contributed by atoms with van der Waals surface area (Å²) in [6, 6.07) is 0. The lowest BCUT2D eigenvalue weighted by Crippen LogP contribution is -2.26. The summed E-state index contributed by atoms with van der Waals surface area (Å²) in [5.41, 5.74) is 3.76. The Hall–Kier alpha value is -2.08. The number of nitrogens with one attached hydrogen (secondary N) is 1. The fourth-order valence-corrected chi connectivity index (χ4v) is 3.61. The highest BCUT2D eigenvalue weighted by Crippen LogP contribution is 2.40. The molecule has 1 unspecified atom stereocenters. The zero-order valence-corrected chi connectivity index (χ0v) is 16.3. The predicted octanol–water partition coefficient (Wildman–Crippen LogP) is 4.64. The van der Waals surface area contributed by atoms with E-state index in [1.54, 1.807) is 27.0 Å². The normalized spacial score (nSPS) is 17.2. The topological polar surface area (TPSA) is 73.4 Å². The van der Waals surface area contributed by atoms with Crippen LogP contribution in [0.3, 0.4) is 0 Å². The second-order valence-corrected chi connectivity index (χ2v) is 7.81. The number of H-pyrrole nitrogens is 1. The van der Waals surface area contributed by atoms with E-state index in [-0.39, 0.29) is 0 Å². The van der Waals surface area contributed by atoms with Gasteiger partial charge in [-0.2, -0.15) is 0 Å². The maximum Gasteiger partial charge on any atom is 0.515 e. The molecule has 2 aromatic heterocycles. The van der Waals surface area contributed by atoms with E-state index >= 15 is 0 Å². The third-order valence-electron chi connectivity index (χ3n) is 4.64. The van der Waals surface area contributed by atoms with Crippen molar-refractivity contribution in [1.82, 2.24) is 9.97 Å². The predicted molar refractivity (Wildman–Crippen MR) is 99.9 cm³/mol. The second-order valence-electron chi connectivity index (χ2n) is 7.81. The van der Waals surface area contributed by atoms with Crippen LogP contribution in [0.1, 0.15) is 63.3 Å². The first kappa shape index (κ1) is 18.7. The van der Waals surface area contributed by atoms with Gasteiger partial charge in [-0.15, -0.1) is 0 Å². The van der Waals surface area contributed by atoms with Crippen LogP contribution in [0.25, 0.3) is 10.9 Å². The SMILES string of the molecule is CCOCC1CCCc2[nH]c3cnc(OC(=O)OC(C)(C)C)c(C)c3c21. The molecule has 26 heavy (non-hydrogen) atoms. The van der Waals surface area contributed by atoms with Crippen molar-refractivity contribution in [1.29, 1.82) is 0 Å². The average Bonchev–Trinajstić information content (AvgIpc) is 2.93. The van der Waals surface area contributed by atoms with Crippen molar-refractivity contribution in [2.75, 3.05) is 13.2 Å². The maximum absolute atomic E-state index is 12.0. The Morgan fingerprint density at radius 3 is 2.85 bits per heavy atom. The fourth-order valence-electron chi connectivity index (χ4n) is 3.61. The highest BCUT2D eigenvalue weighted by atomic mass is 16.7. The van der Waals surface area contributed by atoms with Crippen molar-refractivity contribution in [3.63, 3.8) is 0 Å². The van der Waals surface area contributed by atoms with E-state index < -0.39 is 11.8 Å². The molecule has 0 aromatic carbocycles. The number of rotatable bonds is 4. The van der Waals surface area contributed by atoms with Crippen LogP contribution in [0.2, 0.25) is 0 Å². The minimum Gasteiger partial charge on any atom is -0.428 e. The maximum atomic E-state index is 12.0. The van der Waals surface area contributed by atoms with Crippen LogP contribution in [0.5, 0.6) is 5.88 Å². The standard InChI is InChI=1S/C20H28N2O4/c1-6-24-11-13-8-7-9-14-17(13)16-12(2)18(21-10-15(16)22-14)25-19(23)26-20(3,4)5/h10,13,22H,6-9,11H2,1-5H3. The van der Waals surface area contributed by atoms with Crippen molar-refractivity contribution in [2.45, 2.75) is 65.4 Å². The number of aromatic amines is 1. The molecule has 6 heteroatoms. The summed E-state index contributed by atoms with van der Waals surface area (Å²) >= 11 is 0. The lowest BCUT2D eigenvalue weighted by atomic mass is 9.85. The van der Waals surface area contributed by atoms with Gasteiger partial charge in [0.15, 0.2) is 0 Å². The molecule has 0 bridgehead atoms. The molecular formula is C20H28N2O4. The van der Waals surface area contributed by atoms with Gasteiger partial charge < -0.3 is 19.2 Å². The molecule has 0 fully saturated rings. The van der Waals surface area contributed by atoms with E-state index in [0.717, 1.165) is 35.7 Å². The first-order chi connectivity index (χ1) is 12.3. The zero-order chi connectivity index (χ0) is 18.9. The number of carbonyl (C=O) groups is 1. The van der Waals surface area contributed by atoms with Crippen LogP contribution >= 0.6 is 0 Å². The summed E-state index contributed by atoms with van der Waals surface area (Å²) in [6.45, 7) is 10.8. The molecule has 1 aliphatic carbocycles. The third kappa shape index (κ3) is 3.85. The molecule has 6 nitrogen and oxygen atoms in total. The van der Waals surface area contributed by atoms with Crippen LogP contribution in [0.4, 0.5) is 4.79 Å². The van der Waals surface area contributed by atoms with E-state index in [1.165, 1.54) is 11.3 Å². The van der Waals surface area contributed by atoms with Gasteiger partial charge in [-0.05, 0) is 59.4 Å². The molecule has 0 saturated carbocycles. The lowest BCUT2D eigenvalue weighted by molar-refractivity contribution is 0.0196. The molecule has 3 rings (SSSR count). The van der Waals surface area contributed by atoms with Gasteiger partial charge in [-0.1, -0.05) is 0 Å². The zero-order valence-electron chi connectivity index (χ0n) is 16.3. The van der Waals surface area contributed by atoms with Crippen LogP contribution in [-0.4, -0.2) is 34.9 Å². The molecule has 1 N–H and O–H groups in total. The summed E-state index contributed by atoms with van der Waals surface area (Å²) in [4.78, 5) is 19.9.